The molecule has 6 heteroatoms. The Morgan fingerprint density at radius 1 is 1.59 bits per heavy atom. The number of nitrogens with one attached hydrogen (secondary N) is 1. The molecule has 0 aromatic carbocycles. The van der Waals surface area contributed by atoms with Crippen molar-refractivity contribution in [1.82, 2.24) is 9.97 Å². The molecule has 2 rings (SSSR count). The first-order chi connectivity index (χ1) is 8.35. The van der Waals surface area contributed by atoms with Crippen molar-refractivity contribution in [3.8, 4) is 0 Å². The molecule has 0 aliphatic carbocycles. The molecule has 0 bridgehead atoms. The van der Waals surface area contributed by atoms with Gasteiger partial charge in [-0.2, -0.15) is 0 Å². The number of hydrogen-bond donors (Lipinski definition) is 2. The molecule has 0 amide bonds. The van der Waals surface area contributed by atoms with Crippen molar-refractivity contribution in [2.75, 3.05) is 43.1 Å². The quantitative estimate of drug-likeness (QED) is 0.775. The van der Waals surface area contributed by atoms with Gasteiger partial charge in [0.2, 0.25) is 0 Å². The summed E-state index contributed by atoms with van der Waals surface area (Å²) in [5.41, 5.74) is 0. The highest BCUT2D eigenvalue weighted by Gasteiger charge is 2.23. The summed E-state index contributed by atoms with van der Waals surface area (Å²) in [5, 5.41) is 12.4. The first-order valence-electron chi connectivity index (χ1n) is 5.86. The fourth-order valence-electron chi connectivity index (χ4n) is 1.87. The first kappa shape index (κ1) is 12.1. The third-order valence-electron chi connectivity index (χ3n) is 2.71. The average Bonchev–Trinajstić information content (AvgIpc) is 2.39. The lowest BCUT2D eigenvalue weighted by Crippen LogP contribution is -2.48. The van der Waals surface area contributed by atoms with Crippen LogP contribution in [-0.4, -0.2) is 54.0 Å². The van der Waals surface area contributed by atoms with Gasteiger partial charge in [-0.3, -0.25) is 4.98 Å². The maximum absolute atomic E-state index is 9.31. The van der Waals surface area contributed by atoms with Crippen molar-refractivity contribution >= 4 is 11.6 Å². The lowest BCUT2D eigenvalue weighted by molar-refractivity contribution is 0.0722. The van der Waals surface area contributed by atoms with Gasteiger partial charge in [-0.25, -0.2) is 4.98 Å². The lowest BCUT2D eigenvalue weighted by atomic mass is 10.2. The molecule has 1 aliphatic rings. The Labute approximate surface area is 101 Å². The molecule has 1 fully saturated rings. The van der Waals surface area contributed by atoms with Crippen molar-refractivity contribution in [3.63, 3.8) is 0 Å². The minimum absolute atomic E-state index is 0.0325. The van der Waals surface area contributed by atoms with Gasteiger partial charge in [0.25, 0.3) is 0 Å². The molecule has 1 atom stereocenters. The number of morpholine rings is 1. The van der Waals surface area contributed by atoms with E-state index in [-0.39, 0.29) is 12.6 Å². The molecule has 2 heterocycles. The zero-order valence-electron chi connectivity index (χ0n) is 9.96. The van der Waals surface area contributed by atoms with E-state index in [9.17, 15) is 5.11 Å². The van der Waals surface area contributed by atoms with E-state index in [4.69, 9.17) is 4.74 Å². The second-order valence-electron chi connectivity index (χ2n) is 3.90. The highest BCUT2D eigenvalue weighted by Crippen LogP contribution is 2.17. The summed E-state index contributed by atoms with van der Waals surface area (Å²) in [4.78, 5) is 10.7. The van der Waals surface area contributed by atoms with Gasteiger partial charge in [0.05, 0.1) is 38.3 Å². The Morgan fingerprint density at radius 2 is 2.47 bits per heavy atom. The van der Waals surface area contributed by atoms with Gasteiger partial charge in [0, 0.05) is 13.1 Å². The number of nitrogens with zero attached hydrogens (tertiary/aromatic N) is 3. The van der Waals surface area contributed by atoms with E-state index in [2.05, 4.69) is 15.3 Å². The van der Waals surface area contributed by atoms with Crippen molar-refractivity contribution in [1.29, 1.82) is 0 Å². The fraction of sp³-hybridized carbons (Fsp3) is 0.636. The number of aliphatic hydroxyl groups excluding tert-OH is 1. The molecule has 1 aromatic rings. The van der Waals surface area contributed by atoms with Crippen LogP contribution in [0.2, 0.25) is 0 Å². The van der Waals surface area contributed by atoms with Crippen LogP contribution in [0.3, 0.4) is 0 Å². The van der Waals surface area contributed by atoms with Gasteiger partial charge in [-0.05, 0) is 6.92 Å². The molecule has 6 nitrogen and oxygen atoms in total. The predicted molar refractivity (Wildman–Crippen MR) is 65.2 cm³/mol. The molecule has 1 unspecified atom stereocenters. The van der Waals surface area contributed by atoms with Crippen molar-refractivity contribution in [2.24, 2.45) is 0 Å². The molecule has 1 aliphatic heterocycles. The predicted octanol–water partition coefficient (Wildman–Crippen LogP) is 0.106. The van der Waals surface area contributed by atoms with Gasteiger partial charge in [-0.15, -0.1) is 0 Å². The van der Waals surface area contributed by atoms with E-state index in [1.165, 1.54) is 0 Å². The van der Waals surface area contributed by atoms with E-state index in [1.54, 1.807) is 12.4 Å². The second-order valence-corrected chi connectivity index (χ2v) is 3.90. The average molecular weight is 238 g/mol. The summed E-state index contributed by atoms with van der Waals surface area (Å²) in [5.74, 6) is 1.54. The van der Waals surface area contributed by atoms with Gasteiger partial charge in [-0.1, -0.05) is 0 Å². The van der Waals surface area contributed by atoms with E-state index in [0.29, 0.717) is 13.2 Å². The molecule has 0 radical (unpaired) electrons. The molecule has 0 saturated carbocycles. The van der Waals surface area contributed by atoms with E-state index in [1.807, 2.05) is 11.8 Å². The Hall–Kier alpha value is -1.40. The molecule has 2 N–H and O–H groups in total. The number of hydrogen-bond acceptors (Lipinski definition) is 6. The molecule has 1 saturated heterocycles. The van der Waals surface area contributed by atoms with Crippen LogP contribution in [-0.2, 0) is 4.74 Å². The zero-order valence-corrected chi connectivity index (χ0v) is 9.96. The topological polar surface area (TPSA) is 70.5 Å². The molecule has 1 aromatic heterocycles. The summed E-state index contributed by atoms with van der Waals surface area (Å²) in [6.07, 6.45) is 3.41. The van der Waals surface area contributed by atoms with E-state index in [0.717, 1.165) is 24.7 Å². The number of rotatable bonds is 4. The summed E-state index contributed by atoms with van der Waals surface area (Å²) < 4.78 is 5.34. The largest absolute Gasteiger partial charge is 0.394 e. The SMILES string of the molecule is CCNc1cncc(N2CCOCC2CO)n1. The Kier molecular flexibility index (Phi) is 4.11. The van der Waals surface area contributed by atoms with Gasteiger partial charge in [0.1, 0.15) is 11.6 Å². The van der Waals surface area contributed by atoms with Crippen LogP contribution in [0.5, 0.6) is 0 Å². The first-order valence-corrected chi connectivity index (χ1v) is 5.86. The van der Waals surface area contributed by atoms with E-state index < -0.39 is 0 Å². The number of aromatic nitrogens is 2. The lowest BCUT2D eigenvalue weighted by Gasteiger charge is -2.35. The van der Waals surface area contributed by atoms with Gasteiger partial charge < -0.3 is 20.1 Å². The van der Waals surface area contributed by atoms with Crippen LogP contribution in [0, 0.1) is 0 Å². The van der Waals surface area contributed by atoms with Crippen molar-refractivity contribution < 1.29 is 9.84 Å². The number of ether oxygens (including phenoxy) is 1. The smallest absolute Gasteiger partial charge is 0.150 e. The third kappa shape index (κ3) is 2.83. The Balaban J connectivity index is 2.16. The highest BCUT2D eigenvalue weighted by atomic mass is 16.5. The standard InChI is InChI=1S/C11H18N4O2/c1-2-13-10-5-12-6-11(14-10)15-3-4-17-8-9(15)7-16/h5-6,9,16H,2-4,7-8H2,1H3,(H,13,14). The molecular weight excluding hydrogens is 220 g/mol. The van der Waals surface area contributed by atoms with Crippen LogP contribution in [0.15, 0.2) is 12.4 Å². The Bertz CT molecular complexity index is 361. The van der Waals surface area contributed by atoms with Gasteiger partial charge in [0.15, 0.2) is 0 Å². The van der Waals surface area contributed by atoms with Gasteiger partial charge >= 0.3 is 0 Å². The minimum Gasteiger partial charge on any atom is -0.394 e. The van der Waals surface area contributed by atoms with Crippen LogP contribution in [0.4, 0.5) is 11.6 Å². The summed E-state index contributed by atoms with van der Waals surface area (Å²) >= 11 is 0. The zero-order chi connectivity index (χ0) is 12.1. The Morgan fingerprint density at radius 3 is 3.24 bits per heavy atom. The highest BCUT2D eigenvalue weighted by molar-refractivity contribution is 5.45. The maximum atomic E-state index is 9.31. The van der Waals surface area contributed by atoms with Crippen LogP contribution < -0.4 is 10.2 Å². The summed E-state index contributed by atoms with van der Waals surface area (Å²) in [6, 6.07) is -0.0325. The van der Waals surface area contributed by atoms with Crippen molar-refractivity contribution in [3.05, 3.63) is 12.4 Å². The molecule has 0 spiro atoms. The molecular formula is C11H18N4O2. The molecule has 17 heavy (non-hydrogen) atoms. The second kappa shape index (κ2) is 5.79. The monoisotopic (exact) mass is 238 g/mol. The summed E-state index contributed by atoms with van der Waals surface area (Å²) in [7, 11) is 0. The normalized spacial score (nSPS) is 20.4. The summed E-state index contributed by atoms with van der Waals surface area (Å²) in [6.45, 7) is 4.81. The maximum Gasteiger partial charge on any atom is 0.150 e. The number of aliphatic hydroxyl groups is 1. The van der Waals surface area contributed by atoms with Crippen molar-refractivity contribution in [2.45, 2.75) is 13.0 Å². The minimum atomic E-state index is -0.0325. The fourth-order valence-corrected chi connectivity index (χ4v) is 1.87. The van der Waals surface area contributed by atoms with Crippen LogP contribution in [0.25, 0.3) is 0 Å². The third-order valence-corrected chi connectivity index (χ3v) is 2.71. The number of anilines is 2. The van der Waals surface area contributed by atoms with E-state index >= 15 is 0 Å². The van der Waals surface area contributed by atoms with Crippen LogP contribution >= 0.6 is 0 Å². The molecule has 94 valence electrons. The van der Waals surface area contributed by atoms with Crippen LogP contribution in [0.1, 0.15) is 6.92 Å².